The van der Waals surface area contributed by atoms with Crippen LogP contribution < -0.4 is 20.3 Å². The summed E-state index contributed by atoms with van der Waals surface area (Å²) in [4.78, 5) is 31.5. The van der Waals surface area contributed by atoms with Crippen LogP contribution >= 0.6 is 0 Å². The van der Waals surface area contributed by atoms with Gasteiger partial charge in [-0.25, -0.2) is 4.98 Å². The fourth-order valence-electron chi connectivity index (χ4n) is 4.66. The third kappa shape index (κ3) is 4.65. The van der Waals surface area contributed by atoms with E-state index in [1.165, 1.54) is 0 Å². The second kappa shape index (κ2) is 10.2. The minimum atomic E-state index is -0.234. The van der Waals surface area contributed by atoms with Gasteiger partial charge >= 0.3 is 0 Å². The summed E-state index contributed by atoms with van der Waals surface area (Å²) in [5.74, 6) is 0.935. The van der Waals surface area contributed by atoms with Gasteiger partial charge in [0.05, 0.1) is 32.6 Å². The highest BCUT2D eigenvalue weighted by atomic mass is 16.5. The minimum Gasteiger partial charge on any atom is -0.493 e. The number of benzene rings is 3. The van der Waals surface area contributed by atoms with E-state index in [-0.39, 0.29) is 24.6 Å². The van der Waals surface area contributed by atoms with Crippen molar-refractivity contribution in [3.05, 3.63) is 100 Å². The average Bonchev–Trinajstić information content (AvgIpc) is 3.22. The number of methoxy groups -OCH3 is 2. The molecule has 5 rings (SSSR count). The van der Waals surface area contributed by atoms with Crippen molar-refractivity contribution in [1.29, 1.82) is 0 Å². The lowest BCUT2D eigenvalue weighted by Crippen LogP contribution is -2.29. The molecule has 0 aliphatic carbocycles. The molecule has 8 nitrogen and oxygen atoms in total. The van der Waals surface area contributed by atoms with Crippen molar-refractivity contribution in [1.82, 2.24) is 19.4 Å². The number of aryl methyl sites for hydroxylation is 1. The molecule has 188 valence electrons. The molecule has 0 saturated carbocycles. The molecule has 0 fully saturated rings. The van der Waals surface area contributed by atoms with Crippen LogP contribution in [0.4, 0.5) is 0 Å². The summed E-state index contributed by atoms with van der Waals surface area (Å²) in [5, 5.41) is 3.80. The van der Waals surface area contributed by atoms with Gasteiger partial charge in [0.15, 0.2) is 11.5 Å². The lowest BCUT2D eigenvalue weighted by molar-refractivity contribution is -0.121. The van der Waals surface area contributed by atoms with Crippen molar-refractivity contribution in [2.45, 2.75) is 26.6 Å². The smallest absolute Gasteiger partial charge is 0.278 e. The van der Waals surface area contributed by atoms with Gasteiger partial charge in [-0.05, 0) is 30.7 Å². The molecule has 5 aromatic rings. The molecule has 0 saturated heterocycles. The van der Waals surface area contributed by atoms with Crippen molar-refractivity contribution < 1.29 is 14.3 Å². The summed E-state index contributed by atoms with van der Waals surface area (Å²) in [5.41, 5.74) is 4.44. The van der Waals surface area contributed by atoms with Crippen molar-refractivity contribution >= 4 is 27.8 Å². The minimum absolute atomic E-state index is 0.0262. The van der Waals surface area contributed by atoms with Crippen LogP contribution in [-0.2, 0) is 24.4 Å². The fraction of sp³-hybridized carbons (Fsp3) is 0.207. The lowest BCUT2D eigenvalue weighted by atomic mass is 10.1. The van der Waals surface area contributed by atoms with E-state index in [2.05, 4.69) is 10.3 Å². The molecule has 2 aromatic heterocycles. The lowest BCUT2D eigenvalue weighted by Gasteiger charge is -2.14. The van der Waals surface area contributed by atoms with Gasteiger partial charge in [0.1, 0.15) is 17.6 Å². The Hall–Kier alpha value is -4.59. The highest BCUT2D eigenvalue weighted by Gasteiger charge is 2.19. The van der Waals surface area contributed by atoms with E-state index in [9.17, 15) is 9.59 Å². The zero-order valence-electron chi connectivity index (χ0n) is 21.0. The highest BCUT2D eigenvalue weighted by Crippen LogP contribution is 2.30. The molecule has 8 heteroatoms. The summed E-state index contributed by atoms with van der Waals surface area (Å²) < 4.78 is 14.2. The molecule has 0 atom stereocenters. The van der Waals surface area contributed by atoms with E-state index < -0.39 is 0 Å². The molecule has 0 aliphatic heterocycles. The van der Waals surface area contributed by atoms with Crippen LogP contribution in [0.3, 0.4) is 0 Å². The van der Waals surface area contributed by atoms with Crippen LogP contribution in [0.15, 0.2) is 77.9 Å². The average molecular weight is 497 g/mol. The van der Waals surface area contributed by atoms with Crippen LogP contribution in [0.5, 0.6) is 11.5 Å². The molecule has 0 aliphatic rings. The number of rotatable bonds is 8. The first kappa shape index (κ1) is 24.1. The maximum atomic E-state index is 13.7. The maximum absolute atomic E-state index is 13.7. The predicted molar refractivity (Wildman–Crippen MR) is 143 cm³/mol. The summed E-state index contributed by atoms with van der Waals surface area (Å²) in [6.45, 7) is 2.62. The monoisotopic (exact) mass is 496 g/mol. The third-order valence-electron chi connectivity index (χ3n) is 6.44. The van der Waals surface area contributed by atoms with Gasteiger partial charge in [-0.1, -0.05) is 54.1 Å². The molecular formula is C29H28N4O4. The normalized spacial score (nSPS) is 11.1. The third-order valence-corrected chi connectivity index (χ3v) is 6.44. The Labute approximate surface area is 214 Å². The second-order valence-electron chi connectivity index (χ2n) is 8.90. The summed E-state index contributed by atoms with van der Waals surface area (Å²) in [6, 6.07) is 21.2. The number of fused-ring (bicyclic) bond motifs is 3. The number of hydrogen-bond acceptors (Lipinski definition) is 5. The van der Waals surface area contributed by atoms with E-state index in [0.717, 1.165) is 27.6 Å². The van der Waals surface area contributed by atoms with Crippen molar-refractivity contribution in [3.8, 4) is 11.5 Å². The highest BCUT2D eigenvalue weighted by molar-refractivity contribution is 6.06. The van der Waals surface area contributed by atoms with Gasteiger partial charge in [0.25, 0.3) is 5.56 Å². The molecule has 2 heterocycles. The number of nitrogens with zero attached hydrogens (tertiary/aromatic N) is 3. The van der Waals surface area contributed by atoms with E-state index in [1.807, 2.05) is 67.6 Å². The van der Waals surface area contributed by atoms with Crippen molar-refractivity contribution in [3.63, 3.8) is 0 Å². The Morgan fingerprint density at radius 3 is 2.57 bits per heavy atom. The first-order chi connectivity index (χ1) is 18.0. The zero-order chi connectivity index (χ0) is 25.9. The molecule has 0 bridgehead atoms. The van der Waals surface area contributed by atoms with Crippen LogP contribution in [0.2, 0.25) is 0 Å². The number of nitrogens with one attached hydrogen (secondary N) is 1. The van der Waals surface area contributed by atoms with Crippen molar-refractivity contribution in [2.75, 3.05) is 14.2 Å². The van der Waals surface area contributed by atoms with Gasteiger partial charge in [-0.2, -0.15) is 0 Å². The molecule has 3 aromatic carbocycles. The Kier molecular flexibility index (Phi) is 6.64. The number of ether oxygens (including phenoxy) is 2. The van der Waals surface area contributed by atoms with E-state index in [4.69, 9.17) is 9.47 Å². The largest absolute Gasteiger partial charge is 0.493 e. The zero-order valence-corrected chi connectivity index (χ0v) is 21.0. The van der Waals surface area contributed by atoms with Crippen LogP contribution in [0.25, 0.3) is 21.9 Å². The van der Waals surface area contributed by atoms with Gasteiger partial charge in [-0.15, -0.1) is 0 Å². The fourth-order valence-corrected chi connectivity index (χ4v) is 4.66. The molecule has 0 spiro atoms. The number of para-hydroxylation sites is 1. The summed E-state index contributed by atoms with van der Waals surface area (Å²) in [7, 11) is 3.14. The summed E-state index contributed by atoms with van der Waals surface area (Å²) in [6.07, 6.45) is 1.58. The first-order valence-electron chi connectivity index (χ1n) is 12.0. The van der Waals surface area contributed by atoms with Crippen LogP contribution in [0.1, 0.15) is 16.7 Å². The SMILES string of the molecule is COc1cccc(CNC(=O)Cn2c3ccc(C)cc3c3ncn(Cc4ccccc4)c(=O)c32)c1OC. The maximum Gasteiger partial charge on any atom is 0.278 e. The molecule has 0 radical (unpaired) electrons. The van der Waals surface area contributed by atoms with E-state index in [1.54, 1.807) is 35.7 Å². The van der Waals surface area contributed by atoms with Crippen LogP contribution in [0, 0.1) is 6.92 Å². The Bertz CT molecular complexity index is 1650. The predicted octanol–water partition coefficient (Wildman–Crippen LogP) is 4.04. The van der Waals surface area contributed by atoms with Crippen molar-refractivity contribution in [2.24, 2.45) is 0 Å². The second-order valence-corrected chi connectivity index (χ2v) is 8.90. The van der Waals surface area contributed by atoms with Crippen LogP contribution in [-0.4, -0.2) is 34.2 Å². The number of amides is 1. The van der Waals surface area contributed by atoms with E-state index in [0.29, 0.717) is 29.1 Å². The molecule has 1 amide bonds. The number of aromatic nitrogens is 3. The number of carbonyl (C=O) groups is 1. The molecule has 0 unspecified atom stereocenters. The molecule has 1 N–H and O–H groups in total. The van der Waals surface area contributed by atoms with Gasteiger partial charge in [0, 0.05) is 17.5 Å². The molecular weight excluding hydrogens is 468 g/mol. The number of hydrogen-bond donors (Lipinski definition) is 1. The topological polar surface area (TPSA) is 87.4 Å². The van der Waals surface area contributed by atoms with Gasteiger partial charge in [0.2, 0.25) is 5.91 Å². The molecule has 37 heavy (non-hydrogen) atoms. The standard InChI is InChI=1S/C29H28N4O4/c1-19-12-13-23-22(14-19)26-27(29(35)32(18-31-26)16-20-8-5-4-6-9-20)33(23)17-25(34)30-15-21-10-7-11-24(36-2)28(21)37-3/h4-14,18H,15-17H2,1-3H3,(H,30,34). The van der Waals surface area contributed by atoms with Gasteiger partial charge in [-0.3, -0.25) is 14.2 Å². The van der Waals surface area contributed by atoms with Gasteiger partial charge < -0.3 is 19.4 Å². The number of carbonyl (C=O) groups excluding carboxylic acids is 1. The Balaban J connectivity index is 1.51. The summed E-state index contributed by atoms with van der Waals surface area (Å²) >= 11 is 0. The van der Waals surface area contributed by atoms with E-state index >= 15 is 0 Å². The quantitative estimate of drug-likeness (QED) is 0.350. The first-order valence-corrected chi connectivity index (χ1v) is 12.0. The Morgan fingerprint density at radius 2 is 1.81 bits per heavy atom. The Morgan fingerprint density at radius 1 is 1.00 bits per heavy atom.